The second-order valence-corrected chi connectivity index (χ2v) is 5.88. The van der Waals surface area contributed by atoms with Crippen LogP contribution in [0.1, 0.15) is 48.4 Å². The molecule has 1 aliphatic heterocycles. The molecule has 0 aromatic heterocycles. The van der Waals surface area contributed by atoms with Crippen LogP contribution in [0, 0.1) is 11.6 Å². The minimum atomic E-state index is -1.38. The number of aliphatic hydroxyl groups is 1. The van der Waals surface area contributed by atoms with Crippen molar-refractivity contribution in [2.45, 2.75) is 38.8 Å². The number of imide groups is 1. The molecular formula is C14H15F2NO3. The Labute approximate surface area is 115 Å². The van der Waals surface area contributed by atoms with Gasteiger partial charge >= 0.3 is 0 Å². The van der Waals surface area contributed by atoms with Gasteiger partial charge in [-0.3, -0.25) is 14.5 Å². The lowest BCUT2D eigenvalue weighted by atomic mass is 9.84. The van der Waals surface area contributed by atoms with Crippen LogP contribution in [0.2, 0.25) is 0 Å². The number of amides is 2. The van der Waals surface area contributed by atoms with Crippen LogP contribution < -0.4 is 0 Å². The van der Waals surface area contributed by atoms with Crippen molar-refractivity contribution in [1.29, 1.82) is 0 Å². The monoisotopic (exact) mass is 283 g/mol. The summed E-state index contributed by atoms with van der Waals surface area (Å²) in [6.45, 7) is 5.94. The van der Waals surface area contributed by atoms with Crippen molar-refractivity contribution in [3.63, 3.8) is 0 Å². The first-order valence-corrected chi connectivity index (χ1v) is 6.09. The number of nitrogens with zero attached hydrogens (tertiary/aromatic N) is 1. The quantitative estimate of drug-likeness (QED) is 0.846. The van der Waals surface area contributed by atoms with Gasteiger partial charge in [0.15, 0.2) is 11.6 Å². The molecule has 0 saturated carbocycles. The summed E-state index contributed by atoms with van der Waals surface area (Å²) in [5.41, 5.74) is -2.98. The molecule has 0 spiro atoms. The van der Waals surface area contributed by atoms with Gasteiger partial charge in [0.1, 0.15) is 0 Å². The molecule has 0 aliphatic carbocycles. The molecule has 6 heteroatoms. The molecule has 2 rings (SSSR count). The van der Waals surface area contributed by atoms with Crippen molar-refractivity contribution in [3.05, 3.63) is 34.9 Å². The fourth-order valence-corrected chi connectivity index (χ4v) is 2.02. The van der Waals surface area contributed by atoms with E-state index in [9.17, 15) is 23.5 Å². The zero-order valence-electron chi connectivity index (χ0n) is 11.6. The molecule has 0 atom stereocenters. The zero-order valence-corrected chi connectivity index (χ0v) is 11.6. The maximum absolute atomic E-state index is 13.2. The lowest BCUT2D eigenvalue weighted by Crippen LogP contribution is -2.59. The summed E-state index contributed by atoms with van der Waals surface area (Å²) in [5, 5.41) is 10.1. The van der Waals surface area contributed by atoms with Crippen LogP contribution >= 0.6 is 0 Å². The average Bonchev–Trinajstić information content (AvgIpc) is 2.52. The summed E-state index contributed by atoms with van der Waals surface area (Å²) in [6.07, 6.45) is 0. The molecule has 1 aliphatic rings. The Balaban J connectivity index is 2.59. The van der Waals surface area contributed by atoms with Gasteiger partial charge in [-0.2, -0.15) is 0 Å². The van der Waals surface area contributed by atoms with Gasteiger partial charge in [0.25, 0.3) is 11.8 Å². The van der Waals surface area contributed by atoms with Crippen LogP contribution in [0.15, 0.2) is 12.1 Å². The Morgan fingerprint density at radius 3 is 1.60 bits per heavy atom. The van der Waals surface area contributed by atoms with E-state index in [0.29, 0.717) is 12.1 Å². The molecule has 1 heterocycles. The van der Waals surface area contributed by atoms with Crippen LogP contribution in [0.25, 0.3) is 0 Å². The van der Waals surface area contributed by atoms with Gasteiger partial charge in [-0.05, 0) is 39.8 Å². The molecule has 4 nitrogen and oxygen atoms in total. The summed E-state index contributed by atoms with van der Waals surface area (Å²) in [4.78, 5) is 25.4. The molecular weight excluding hydrogens is 268 g/mol. The molecule has 0 unspecified atom stereocenters. The van der Waals surface area contributed by atoms with Gasteiger partial charge in [-0.25, -0.2) is 8.78 Å². The third-order valence-corrected chi connectivity index (χ3v) is 3.98. The summed E-state index contributed by atoms with van der Waals surface area (Å²) >= 11 is 0. The zero-order chi connectivity index (χ0) is 15.5. The van der Waals surface area contributed by atoms with Gasteiger partial charge < -0.3 is 5.11 Å². The van der Waals surface area contributed by atoms with E-state index in [4.69, 9.17) is 0 Å². The predicted molar refractivity (Wildman–Crippen MR) is 67.2 cm³/mol. The topological polar surface area (TPSA) is 57.6 Å². The third kappa shape index (κ3) is 1.83. The van der Waals surface area contributed by atoms with E-state index in [-0.39, 0.29) is 11.1 Å². The summed E-state index contributed by atoms with van der Waals surface area (Å²) in [5.74, 6) is -3.85. The van der Waals surface area contributed by atoms with Crippen molar-refractivity contribution in [2.75, 3.05) is 0 Å². The second-order valence-electron chi connectivity index (χ2n) is 5.88. The molecule has 1 aromatic rings. The maximum atomic E-state index is 13.2. The number of halogens is 2. The Bertz CT molecular complexity index is 577. The Hall–Kier alpha value is -1.82. The van der Waals surface area contributed by atoms with Gasteiger partial charge in [0, 0.05) is 0 Å². The first-order valence-electron chi connectivity index (χ1n) is 6.09. The van der Waals surface area contributed by atoms with Crippen molar-refractivity contribution < 1.29 is 23.5 Å². The van der Waals surface area contributed by atoms with Crippen LogP contribution in [-0.2, 0) is 0 Å². The van der Waals surface area contributed by atoms with E-state index in [1.165, 1.54) is 27.7 Å². The van der Waals surface area contributed by atoms with Crippen LogP contribution in [0.4, 0.5) is 8.78 Å². The molecule has 1 N–H and O–H groups in total. The minimum absolute atomic E-state index is 0.189. The highest BCUT2D eigenvalue weighted by Gasteiger charge is 2.50. The molecule has 0 radical (unpaired) electrons. The van der Waals surface area contributed by atoms with E-state index in [0.717, 1.165) is 4.90 Å². The lowest BCUT2D eigenvalue weighted by Gasteiger charge is -2.43. The highest BCUT2D eigenvalue weighted by Crippen LogP contribution is 2.36. The van der Waals surface area contributed by atoms with Crippen LogP contribution in [0.5, 0.6) is 0 Å². The molecule has 2 amide bonds. The fourth-order valence-electron chi connectivity index (χ4n) is 2.02. The minimum Gasteiger partial charge on any atom is -0.388 e. The third-order valence-electron chi connectivity index (χ3n) is 3.98. The first-order chi connectivity index (χ1) is 8.98. The number of hydrogen-bond acceptors (Lipinski definition) is 3. The summed E-state index contributed by atoms with van der Waals surface area (Å²) in [6, 6.07) is 1.43. The largest absolute Gasteiger partial charge is 0.388 e. The molecule has 1 aromatic carbocycles. The van der Waals surface area contributed by atoms with Crippen molar-refractivity contribution in [2.24, 2.45) is 0 Å². The highest BCUT2D eigenvalue weighted by atomic mass is 19.2. The molecule has 0 bridgehead atoms. The van der Waals surface area contributed by atoms with Crippen LogP contribution in [-0.4, -0.2) is 33.0 Å². The van der Waals surface area contributed by atoms with Crippen molar-refractivity contribution in [3.8, 4) is 0 Å². The highest BCUT2D eigenvalue weighted by molar-refractivity contribution is 6.21. The summed E-state index contributed by atoms with van der Waals surface area (Å²) in [7, 11) is 0. The number of fused-ring (bicyclic) bond motifs is 1. The maximum Gasteiger partial charge on any atom is 0.262 e. The standard InChI is InChI=1S/C14H15F2NO3/c1-13(2,14(3,4)20)17-11(18)7-5-9(15)10(16)6-8(7)12(17)19/h5-6,20H,1-4H3. The predicted octanol–water partition coefficient (Wildman–Crippen LogP) is 2.11. The van der Waals surface area contributed by atoms with Gasteiger partial charge in [0.2, 0.25) is 0 Å². The molecule has 20 heavy (non-hydrogen) atoms. The SMILES string of the molecule is CC(C)(O)C(C)(C)N1C(=O)c2cc(F)c(F)cc2C1=O. The van der Waals surface area contributed by atoms with Crippen molar-refractivity contribution >= 4 is 11.8 Å². The van der Waals surface area contributed by atoms with Gasteiger partial charge in [0.05, 0.1) is 22.3 Å². The van der Waals surface area contributed by atoms with Crippen molar-refractivity contribution in [1.82, 2.24) is 4.90 Å². The number of benzene rings is 1. The van der Waals surface area contributed by atoms with E-state index in [1.807, 2.05) is 0 Å². The van der Waals surface area contributed by atoms with E-state index in [2.05, 4.69) is 0 Å². The number of hydrogen-bond donors (Lipinski definition) is 1. The average molecular weight is 283 g/mol. The Morgan fingerprint density at radius 1 is 0.950 bits per heavy atom. The molecule has 0 saturated heterocycles. The Kier molecular flexibility index (Phi) is 2.98. The molecule has 108 valence electrons. The lowest BCUT2D eigenvalue weighted by molar-refractivity contribution is -0.0486. The second kappa shape index (κ2) is 4.09. The number of carbonyl (C=O) groups excluding carboxylic acids is 2. The summed E-state index contributed by atoms with van der Waals surface area (Å²) < 4.78 is 26.5. The molecule has 0 fully saturated rings. The van der Waals surface area contributed by atoms with E-state index in [1.54, 1.807) is 0 Å². The number of rotatable bonds is 2. The van der Waals surface area contributed by atoms with Gasteiger partial charge in [-0.15, -0.1) is 0 Å². The Morgan fingerprint density at radius 2 is 1.30 bits per heavy atom. The van der Waals surface area contributed by atoms with Crippen LogP contribution in [0.3, 0.4) is 0 Å². The smallest absolute Gasteiger partial charge is 0.262 e. The van der Waals surface area contributed by atoms with Gasteiger partial charge in [-0.1, -0.05) is 0 Å². The fraction of sp³-hybridized carbons (Fsp3) is 0.429. The normalized spacial score (nSPS) is 15.8. The van der Waals surface area contributed by atoms with E-state index < -0.39 is 34.6 Å². The number of carbonyl (C=O) groups is 2. The first kappa shape index (κ1) is 14.6. The van der Waals surface area contributed by atoms with E-state index >= 15 is 0 Å².